The average molecular weight is 381 g/mol. The maximum atomic E-state index is 12.5. The highest BCUT2D eigenvalue weighted by Gasteiger charge is 2.42. The zero-order valence-electron chi connectivity index (χ0n) is 12.4. The fraction of sp³-hybridized carbons (Fsp3) is 0.438. The summed E-state index contributed by atoms with van der Waals surface area (Å²) >= 11 is 3.41. The molecule has 6 nitrogen and oxygen atoms in total. The second-order valence-electron chi connectivity index (χ2n) is 5.94. The molecule has 1 aliphatic carbocycles. The molecule has 0 radical (unpaired) electrons. The van der Waals surface area contributed by atoms with Crippen molar-refractivity contribution in [1.29, 1.82) is 0 Å². The van der Waals surface area contributed by atoms with Crippen molar-refractivity contribution in [3.63, 3.8) is 0 Å². The summed E-state index contributed by atoms with van der Waals surface area (Å²) in [5.41, 5.74) is 0.727. The molecule has 2 N–H and O–H groups in total. The summed E-state index contributed by atoms with van der Waals surface area (Å²) in [5, 5.41) is 11.7. The number of amides is 2. The van der Waals surface area contributed by atoms with E-state index in [1.807, 2.05) is 24.3 Å². The molecule has 0 spiro atoms. The van der Waals surface area contributed by atoms with Gasteiger partial charge in [0.25, 0.3) is 0 Å². The van der Waals surface area contributed by atoms with Crippen molar-refractivity contribution in [2.75, 3.05) is 11.4 Å². The lowest BCUT2D eigenvalue weighted by Gasteiger charge is -2.19. The highest BCUT2D eigenvalue weighted by molar-refractivity contribution is 9.10. The number of anilines is 1. The van der Waals surface area contributed by atoms with Crippen LogP contribution in [0.25, 0.3) is 0 Å². The molecule has 1 saturated carbocycles. The molecule has 1 saturated heterocycles. The predicted octanol–water partition coefficient (Wildman–Crippen LogP) is 1.78. The van der Waals surface area contributed by atoms with Crippen LogP contribution in [0.5, 0.6) is 0 Å². The Morgan fingerprint density at radius 3 is 2.57 bits per heavy atom. The third-order valence-corrected chi connectivity index (χ3v) is 4.99. The fourth-order valence-corrected chi connectivity index (χ4v) is 3.40. The smallest absolute Gasteiger partial charge is 0.326 e. The number of carbonyl (C=O) groups excluding carboxylic acids is 2. The molecule has 0 aromatic heterocycles. The van der Waals surface area contributed by atoms with Gasteiger partial charge in [-0.25, -0.2) is 4.79 Å². The third kappa shape index (κ3) is 3.24. The minimum Gasteiger partial charge on any atom is -0.480 e. The first-order valence-corrected chi connectivity index (χ1v) is 8.37. The van der Waals surface area contributed by atoms with Gasteiger partial charge >= 0.3 is 5.97 Å². The van der Waals surface area contributed by atoms with E-state index in [9.17, 15) is 19.5 Å². The van der Waals surface area contributed by atoms with E-state index in [4.69, 9.17) is 0 Å². The Bertz CT molecular complexity index is 659. The molecule has 2 fully saturated rings. The van der Waals surface area contributed by atoms with E-state index in [0.29, 0.717) is 13.0 Å². The minimum atomic E-state index is -1.03. The molecular formula is C16H17BrN2O4. The van der Waals surface area contributed by atoms with Crippen molar-refractivity contribution in [2.24, 2.45) is 11.8 Å². The zero-order valence-corrected chi connectivity index (χ0v) is 14.0. The van der Waals surface area contributed by atoms with Gasteiger partial charge in [0.2, 0.25) is 11.8 Å². The molecule has 1 aliphatic heterocycles. The number of nitrogens with zero attached hydrogens (tertiary/aromatic N) is 1. The summed E-state index contributed by atoms with van der Waals surface area (Å²) in [7, 11) is 0. The van der Waals surface area contributed by atoms with Gasteiger partial charge in [-0.2, -0.15) is 0 Å². The zero-order chi connectivity index (χ0) is 16.6. The standard InChI is InChI=1S/C16H17BrN2O4/c17-11-3-1-2-4-12(11)19-8-7-10(15(19)21)14(20)18-13(16(22)23)9-5-6-9/h1-4,9-10,13H,5-8H2,(H,18,20)(H,22,23). The Morgan fingerprint density at radius 2 is 1.96 bits per heavy atom. The number of halogens is 1. The molecule has 7 heteroatoms. The molecule has 2 unspecified atom stereocenters. The Morgan fingerprint density at radius 1 is 1.26 bits per heavy atom. The van der Waals surface area contributed by atoms with Crippen molar-refractivity contribution < 1.29 is 19.5 Å². The topological polar surface area (TPSA) is 86.7 Å². The van der Waals surface area contributed by atoms with Gasteiger partial charge in [-0.1, -0.05) is 12.1 Å². The number of carboxylic acid groups (broad SMARTS) is 1. The maximum Gasteiger partial charge on any atom is 0.326 e. The predicted molar refractivity (Wildman–Crippen MR) is 86.9 cm³/mol. The van der Waals surface area contributed by atoms with E-state index in [1.54, 1.807) is 4.90 Å². The van der Waals surface area contributed by atoms with Crippen LogP contribution >= 0.6 is 15.9 Å². The van der Waals surface area contributed by atoms with Gasteiger partial charge in [-0.3, -0.25) is 9.59 Å². The second kappa shape index (κ2) is 6.31. The molecule has 1 aromatic carbocycles. The minimum absolute atomic E-state index is 0.00711. The van der Waals surface area contributed by atoms with E-state index in [-0.39, 0.29) is 11.8 Å². The van der Waals surface area contributed by atoms with Crippen molar-refractivity contribution in [1.82, 2.24) is 5.32 Å². The van der Waals surface area contributed by atoms with Gasteiger partial charge in [0, 0.05) is 11.0 Å². The largest absolute Gasteiger partial charge is 0.480 e. The number of para-hydroxylation sites is 1. The van der Waals surface area contributed by atoms with Crippen LogP contribution < -0.4 is 10.2 Å². The lowest BCUT2D eigenvalue weighted by Crippen LogP contribution is -2.46. The van der Waals surface area contributed by atoms with E-state index < -0.39 is 23.8 Å². The van der Waals surface area contributed by atoms with E-state index in [0.717, 1.165) is 23.0 Å². The van der Waals surface area contributed by atoms with Gasteiger partial charge < -0.3 is 15.3 Å². The summed E-state index contributed by atoms with van der Waals surface area (Å²) in [6.45, 7) is 0.445. The number of carbonyl (C=O) groups is 3. The normalized spacial score (nSPS) is 22.0. The highest BCUT2D eigenvalue weighted by Crippen LogP contribution is 2.34. The molecule has 3 rings (SSSR count). The Hall–Kier alpha value is -1.89. The lowest BCUT2D eigenvalue weighted by molar-refractivity contribution is -0.144. The fourth-order valence-electron chi connectivity index (χ4n) is 2.90. The van der Waals surface area contributed by atoms with Crippen LogP contribution in [0.1, 0.15) is 19.3 Å². The molecule has 2 atom stereocenters. The van der Waals surface area contributed by atoms with Crippen molar-refractivity contribution in [3.05, 3.63) is 28.7 Å². The van der Waals surface area contributed by atoms with Gasteiger partial charge in [0.15, 0.2) is 0 Å². The lowest BCUT2D eigenvalue weighted by atomic mass is 10.1. The van der Waals surface area contributed by atoms with Crippen molar-refractivity contribution in [3.8, 4) is 0 Å². The number of hydrogen-bond acceptors (Lipinski definition) is 3. The molecule has 23 heavy (non-hydrogen) atoms. The first-order valence-electron chi connectivity index (χ1n) is 7.58. The van der Waals surface area contributed by atoms with Crippen LogP contribution in [-0.2, 0) is 14.4 Å². The van der Waals surface area contributed by atoms with Gasteiger partial charge in [-0.05, 0) is 53.2 Å². The SMILES string of the molecule is O=C(NC(C(=O)O)C1CC1)C1CCN(c2ccccc2Br)C1=O. The molecule has 2 aliphatic rings. The quantitative estimate of drug-likeness (QED) is 0.762. The van der Waals surface area contributed by atoms with Gasteiger partial charge in [0.1, 0.15) is 12.0 Å². The second-order valence-corrected chi connectivity index (χ2v) is 6.80. The molecule has 2 amide bonds. The highest BCUT2D eigenvalue weighted by atomic mass is 79.9. The summed E-state index contributed by atoms with van der Waals surface area (Å²) in [4.78, 5) is 37.7. The number of nitrogens with one attached hydrogen (secondary N) is 1. The summed E-state index contributed by atoms with van der Waals surface area (Å²) in [5.74, 6) is -2.62. The van der Waals surface area contributed by atoms with Crippen molar-refractivity contribution in [2.45, 2.75) is 25.3 Å². The number of rotatable bonds is 5. The Kier molecular flexibility index (Phi) is 4.39. The molecule has 1 aromatic rings. The first-order chi connectivity index (χ1) is 11.0. The number of benzene rings is 1. The van der Waals surface area contributed by atoms with Crippen LogP contribution in [0.15, 0.2) is 28.7 Å². The molecule has 122 valence electrons. The van der Waals surface area contributed by atoms with E-state index in [1.165, 1.54) is 0 Å². The number of carboxylic acids is 1. The number of hydrogen-bond donors (Lipinski definition) is 2. The van der Waals surface area contributed by atoms with Crippen LogP contribution in [0.2, 0.25) is 0 Å². The monoisotopic (exact) mass is 380 g/mol. The van der Waals surface area contributed by atoms with Gasteiger partial charge in [0.05, 0.1) is 5.69 Å². The molecule has 1 heterocycles. The summed E-state index contributed by atoms with van der Waals surface area (Å²) in [6.07, 6.45) is 2.00. The van der Waals surface area contributed by atoms with Gasteiger partial charge in [-0.15, -0.1) is 0 Å². The van der Waals surface area contributed by atoms with Crippen LogP contribution in [0.3, 0.4) is 0 Å². The van der Waals surface area contributed by atoms with E-state index >= 15 is 0 Å². The third-order valence-electron chi connectivity index (χ3n) is 4.32. The summed E-state index contributed by atoms with van der Waals surface area (Å²) in [6, 6.07) is 6.45. The van der Waals surface area contributed by atoms with Crippen molar-refractivity contribution >= 4 is 39.4 Å². The summed E-state index contributed by atoms with van der Waals surface area (Å²) < 4.78 is 0.788. The Labute approximate surface area is 142 Å². The molecule has 0 bridgehead atoms. The number of aliphatic carboxylic acids is 1. The average Bonchev–Trinajstić information content (AvgIpc) is 3.28. The van der Waals surface area contributed by atoms with Crippen LogP contribution in [0, 0.1) is 11.8 Å². The maximum absolute atomic E-state index is 12.5. The first kappa shape index (κ1) is 16.0. The van der Waals surface area contributed by atoms with Crippen LogP contribution in [0.4, 0.5) is 5.69 Å². The Balaban J connectivity index is 1.70. The van der Waals surface area contributed by atoms with E-state index in [2.05, 4.69) is 21.2 Å². The van der Waals surface area contributed by atoms with Crippen LogP contribution in [-0.4, -0.2) is 35.5 Å². The molecular weight excluding hydrogens is 364 g/mol.